The van der Waals surface area contributed by atoms with E-state index in [2.05, 4.69) is 5.32 Å². The SMILES string of the molecule is CCOc1ccccc1NC(=O)CNC(=O)C(F)(F)F. The number of amides is 2. The smallest absolute Gasteiger partial charge is 0.471 e. The first-order chi connectivity index (χ1) is 9.34. The number of hydrogen-bond donors (Lipinski definition) is 2. The largest absolute Gasteiger partial charge is 0.492 e. The zero-order chi connectivity index (χ0) is 15.2. The summed E-state index contributed by atoms with van der Waals surface area (Å²) in [6.45, 7) is 1.35. The molecule has 1 aromatic rings. The number of para-hydroxylation sites is 2. The Morgan fingerprint density at radius 1 is 1.25 bits per heavy atom. The third-order valence-electron chi connectivity index (χ3n) is 2.13. The minimum atomic E-state index is -5.01. The second kappa shape index (κ2) is 6.78. The number of alkyl halides is 3. The van der Waals surface area contributed by atoms with Crippen molar-refractivity contribution in [3.63, 3.8) is 0 Å². The molecule has 8 heteroatoms. The van der Waals surface area contributed by atoms with Crippen LogP contribution in [-0.4, -0.2) is 31.1 Å². The second-order valence-electron chi connectivity index (χ2n) is 3.66. The van der Waals surface area contributed by atoms with Gasteiger partial charge in [-0.15, -0.1) is 0 Å². The van der Waals surface area contributed by atoms with Gasteiger partial charge in [-0.3, -0.25) is 9.59 Å². The third kappa shape index (κ3) is 4.79. The summed E-state index contributed by atoms with van der Waals surface area (Å²) in [5.74, 6) is -2.55. The molecular weight excluding hydrogens is 277 g/mol. The van der Waals surface area contributed by atoms with E-state index in [1.54, 1.807) is 25.1 Å². The van der Waals surface area contributed by atoms with E-state index in [4.69, 9.17) is 4.74 Å². The lowest BCUT2D eigenvalue weighted by atomic mass is 10.3. The van der Waals surface area contributed by atoms with E-state index in [9.17, 15) is 22.8 Å². The van der Waals surface area contributed by atoms with E-state index in [0.717, 1.165) is 0 Å². The molecule has 0 aliphatic rings. The van der Waals surface area contributed by atoms with Gasteiger partial charge in [0, 0.05) is 0 Å². The van der Waals surface area contributed by atoms with Crippen LogP contribution in [0.25, 0.3) is 0 Å². The molecule has 0 bridgehead atoms. The fraction of sp³-hybridized carbons (Fsp3) is 0.333. The van der Waals surface area contributed by atoms with Crippen LogP contribution in [0.2, 0.25) is 0 Å². The van der Waals surface area contributed by atoms with Crippen LogP contribution >= 0.6 is 0 Å². The van der Waals surface area contributed by atoms with Crippen molar-refractivity contribution in [1.29, 1.82) is 0 Å². The summed E-state index contributed by atoms with van der Waals surface area (Å²) in [5.41, 5.74) is 0.320. The van der Waals surface area contributed by atoms with Crippen LogP contribution in [0.1, 0.15) is 6.92 Å². The molecule has 0 aromatic heterocycles. The molecule has 0 saturated carbocycles. The lowest BCUT2D eigenvalue weighted by molar-refractivity contribution is -0.173. The molecular formula is C12H13F3N2O3. The average molecular weight is 290 g/mol. The molecule has 0 heterocycles. The Labute approximate surface area is 113 Å². The van der Waals surface area contributed by atoms with Gasteiger partial charge in [-0.1, -0.05) is 12.1 Å². The van der Waals surface area contributed by atoms with Gasteiger partial charge in [-0.05, 0) is 19.1 Å². The molecule has 2 amide bonds. The number of rotatable bonds is 5. The minimum Gasteiger partial charge on any atom is -0.492 e. The van der Waals surface area contributed by atoms with Gasteiger partial charge in [0.1, 0.15) is 5.75 Å². The number of nitrogens with one attached hydrogen (secondary N) is 2. The maximum atomic E-state index is 11.9. The van der Waals surface area contributed by atoms with Crippen molar-refractivity contribution < 1.29 is 27.5 Å². The predicted molar refractivity (Wildman–Crippen MR) is 65.3 cm³/mol. The van der Waals surface area contributed by atoms with E-state index < -0.39 is 24.5 Å². The highest BCUT2D eigenvalue weighted by atomic mass is 19.4. The average Bonchev–Trinajstić information content (AvgIpc) is 2.37. The first kappa shape index (κ1) is 15.8. The lowest BCUT2D eigenvalue weighted by Crippen LogP contribution is -2.41. The standard InChI is InChI=1S/C12H13F3N2O3/c1-2-20-9-6-4-3-5-8(9)17-10(18)7-16-11(19)12(13,14)15/h3-6H,2,7H2,1H3,(H,16,19)(H,17,18). The second-order valence-corrected chi connectivity index (χ2v) is 3.66. The number of anilines is 1. The molecule has 1 rings (SSSR count). The fourth-order valence-corrected chi connectivity index (χ4v) is 1.31. The van der Waals surface area contributed by atoms with E-state index >= 15 is 0 Å². The van der Waals surface area contributed by atoms with Crippen LogP contribution in [0.15, 0.2) is 24.3 Å². The minimum absolute atomic E-state index is 0.320. The van der Waals surface area contributed by atoms with Gasteiger partial charge in [0.2, 0.25) is 5.91 Å². The first-order valence-corrected chi connectivity index (χ1v) is 5.71. The molecule has 0 atom stereocenters. The number of hydrogen-bond acceptors (Lipinski definition) is 3. The maximum absolute atomic E-state index is 11.9. The van der Waals surface area contributed by atoms with Gasteiger partial charge in [0.05, 0.1) is 18.8 Å². The number of carbonyl (C=O) groups excluding carboxylic acids is 2. The molecule has 5 nitrogen and oxygen atoms in total. The van der Waals surface area contributed by atoms with E-state index in [1.807, 2.05) is 0 Å². The van der Waals surface area contributed by atoms with E-state index in [-0.39, 0.29) is 0 Å². The van der Waals surface area contributed by atoms with Crippen molar-refractivity contribution in [3.8, 4) is 5.75 Å². The molecule has 0 aliphatic heterocycles. The monoisotopic (exact) mass is 290 g/mol. The van der Waals surface area contributed by atoms with Crippen molar-refractivity contribution in [2.45, 2.75) is 13.1 Å². The predicted octanol–water partition coefficient (Wildman–Crippen LogP) is 1.70. The molecule has 0 saturated heterocycles. The number of benzene rings is 1. The Morgan fingerprint density at radius 2 is 1.90 bits per heavy atom. The normalized spacial score (nSPS) is 10.8. The Hall–Kier alpha value is -2.25. The van der Waals surface area contributed by atoms with Crippen molar-refractivity contribution in [3.05, 3.63) is 24.3 Å². The van der Waals surface area contributed by atoms with Gasteiger partial charge in [0.15, 0.2) is 0 Å². The molecule has 1 aromatic carbocycles. The Bertz CT molecular complexity index is 489. The Kier molecular flexibility index (Phi) is 5.36. The third-order valence-corrected chi connectivity index (χ3v) is 2.13. The van der Waals surface area contributed by atoms with Gasteiger partial charge in [0.25, 0.3) is 0 Å². The summed E-state index contributed by atoms with van der Waals surface area (Å²) < 4.78 is 41.0. The molecule has 0 spiro atoms. The molecule has 0 aliphatic carbocycles. The van der Waals surface area contributed by atoms with Gasteiger partial charge in [-0.2, -0.15) is 13.2 Å². The van der Waals surface area contributed by atoms with Crippen LogP contribution in [0, 0.1) is 0 Å². The van der Waals surface area contributed by atoms with Crippen LogP contribution in [0.3, 0.4) is 0 Å². The highest BCUT2D eigenvalue weighted by Crippen LogP contribution is 2.23. The van der Waals surface area contributed by atoms with Crippen LogP contribution in [0.5, 0.6) is 5.75 Å². The summed E-state index contributed by atoms with van der Waals surface area (Å²) in [4.78, 5) is 22.0. The Morgan fingerprint density at radius 3 is 2.50 bits per heavy atom. The molecule has 2 N–H and O–H groups in total. The van der Waals surface area contributed by atoms with Crippen molar-refractivity contribution in [2.24, 2.45) is 0 Å². The first-order valence-electron chi connectivity index (χ1n) is 5.71. The van der Waals surface area contributed by atoms with Gasteiger partial charge < -0.3 is 15.4 Å². The number of ether oxygens (including phenoxy) is 1. The highest BCUT2D eigenvalue weighted by Gasteiger charge is 2.38. The molecule has 0 unspecified atom stereocenters. The van der Waals surface area contributed by atoms with E-state index in [1.165, 1.54) is 11.4 Å². The van der Waals surface area contributed by atoms with Gasteiger partial charge >= 0.3 is 12.1 Å². The van der Waals surface area contributed by atoms with Crippen LogP contribution in [-0.2, 0) is 9.59 Å². The lowest BCUT2D eigenvalue weighted by Gasteiger charge is -2.12. The summed E-state index contributed by atoms with van der Waals surface area (Å²) in [6.07, 6.45) is -5.01. The number of carbonyl (C=O) groups is 2. The van der Waals surface area contributed by atoms with Crippen LogP contribution < -0.4 is 15.4 Å². The molecule has 20 heavy (non-hydrogen) atoms. The van der Waals surface area contributed by atoms with Gasteiger partial charge in [-0.25, -0.2) is 0 Å². The molecule has 0 fully saturated rings. The summed E-state index contributed by atoms with van der Waals surface area (Å²) >= 11 is 0. The molecule has 0 radical (unpaired) electrons. The topological polar surface area (TPSA) is 67.4 Å². The fourth-order valence-electron chi connectivity index (χ4n) is 1.31. The number of halogens is 3. The Balaban J connectivity index is 2.57. The van der Waals surface area contributed by atoms with Crippen molar-refractivity contribution in [2.75, 3.05) is 18.5 Å². The summed E-state index contributed by atoms with van der Waals surface area (Å²) in [6, 6.07) is 6.46. The highest BCUT2D eigenvalue weighted by molar-refractivity contribution is 5.96. The zero-order valence-corrected chi connectivity index (χ0v) is 10.6. The van der Waals surface area contributed by atoms with Crippen molar-refractivity contribution in [1.82, 2.24) is 5.32 Å². The summed E-state index contributed by atoms with van der Waals surface area (Å²) in [7, 11) is 0. The maximum Gasteiger partial charge on any atom is 0.471 e. The van der Waals surface area contributed by atoms with E-state index in [0.29, 0.717) is 18.0 Å². The van der Waals surface area contributed by atoms with Crippen LogP contribution in [0.4, 0.5) is 18.9 Å². The summed E-state index contributed by atoms with van der Waals surface area (Å²) in [5, 5.41) is 3.83. The zero-order valence-electron chi connectivity index (χ0n) is 10.6. The van der Waals surface area contributed by atoms with Crippen molar-refractivity contribution >= 4 is 17.5 Å². The quantitative estimate of drug-likeness (QED) is 0.867. The molecule has 110 valence electrons.